The van der Waals surface area contributed by atoms with E-state index in [1.165, 1.54) is 49.0 Å². The van der Waals surface area contributed by atoms with Gasteiger partial charge in [-0.05, 0) is 61.5 Å². The Morgan fingerprint density at radius 3 is 2.85 bits per heavy atom. The second kappa shape index (κ2) is 5.36. The van der Waals surface area contributed by atoms with Crippen LogP contribution in [0.3, 0.4) is 0 Å². The van der Waals surface area contributed by atoms with E-state index in [4.69, 9.17) is 5.84 Å². The summed E-state index contributed by atoms with van der Waals surface area (Å²) in [6.07, 6.45) is 8.39. The summed E-state index contributed by atoms with van der Waals surface area (Å²) >= 11 is 2.03. The lowest BCUT2D eigenvalue weighted by molar-refractivity contribution is 0.275. The van der Waals surface area contributed by atoms with E-state index in [-0.39, 0.29) is 0 Å². The summed E-state index contributed by atoms with van der Waals surface area (Å²) in [6.45, 7) is 0. The molecule has 4 rings (SSSR count). The monoisotopic (exact) mass is 288 g/mol. The van der Waals surface area contributed by atoms with E-state index in [1.807, 2.05) is 11.8 Å². The first-order valence-electron chi connectivity index (χ1n) is 8.04. The molecule has 0 amide bonds. The zero-order chi connectivity index (χ0) is 13.5. The average Bonchev–Trinajstić information content (AvgIpc) is 3.18. The molecule has 5 unspecified atom stereocenters. The van der Waals surface area contributed by atoms with Crippen molar-refractivity contribution in [2.24, 2.45) is 23.6 Å². The van der Waals surface area contributed by atoms with Gasteiger partial charge in [0.1, 0.15) is 0 Å². The van der Waals surface area contributed by atoms with Crippen molar-refractivity contribution >= 4 is 11.8 Å². The third-order valence-corrected chi connectivity index (χ3v) is 7.23. The number of benzene rings is 1. The van der Waals surface area contributed by atoms with Crippen molar-refractivity contribution in [2.45, 2.75) is 54.7 Å². The van der Waals surface area contributed by atoms with Crippen molar-refractivity contribution in [3.8, 4) is 0 Å². The van der Waals surface area contributed by atoms with Crippen LogP contribution in [0.2, 0.25) is 0 Å². The molecular formula is C17H24N2S. The molecule has 2 aliphatic carbocycles. The van der Waals surface area contributed by atoms with E-state index in [1.54, 1.807) is 0 Å². The van der Waals surface area contributed by atoms with Gasteiger partial charge in [0.15, 0.2) is 0 Å². The van der Waals surface area contributed by atoms with Gasteiger partial charge in [0.25, 0.3) is 0 Å². The van der Waals surface area contributed by atoms with E-state index in [2.05, 4.69) is 29.7 Å². The van der Waals surface area contributed by atoms with Gasteiger partial charge in [-0.15, -0.1) is 11.8 Å². The van der Waals surface area contributed by atoms with Gasteiger partial charge in [-0.2, -0.15) is 0 Å². The molecule has 2 bridgehead atoms. The highest BCUT2D eigenvalue weighted by Crippen LogP contribution is 2.51. The maximum Gasteiger partial charge on any atom is 0.0338 e. The van der Waals surface area contributed by atoms with E-state index in [9.17, 15) is 0 Å². The molecule has 3 heteroatoms. The fourth-order valence-electron chi connectivity index (χ4n) is 4.75. The quantitative estimate of drug-likeness (QED) is 0.659. The predicted molar refractivity (Wildman–Crippen MR) is 84.5 cm³/mol. The molecule has 2 nitrogen and oxygen atoms in total. The van der Waals surface area contributed by atoms with Crippen molar-refractivity contribution in [2.75, 3.05) is 0 Å². The number of nitrogens with one attached hydrogen (secondary N) is 1. The third kappa shape index (κ3) is 2.30. The number of hydrogen-bond acceptors (Lipinski definition) is 3. The van der Waals surface area contributed by atoms with Crippen LogP contribution in [0.1, 0.15) is 37.7 Å². The van der Waals surface area contributed by atoms with Crippen molar-refractivity contribution in [3.05, 3.63) is 29.8 Å². The molecule has 1 aromatic rings. The SMILES string of the molecule is NNC(CC1CC2CCC1C2)C1Cc2ccccc2S1. The summed E-state index contributed by atoms with van der Waals surface area (Å²) < 4.78 is 0. The van der Waals surface area contributed by atoms with Gasteiger partial charge in [-0.25, -0.2) is 0 Å². The topological polar surface area (TPSA) is 38.0 Å². The summed E-state index contributed by atoms with van der Waals surface area (Å²) in [4.78, 5) is 1.46. The molecule has 1 aliphatic heterocycles. The Labute approximate surface area is 125 Å². The number of hydrogen-bond donors (Lipinski definition) is 2. The molecule has 108 valence electrons. The van der Waals surface area contributed by atoms with Gasteiger partial charge in [0.05, 0.1) is 0 Å². The van der Waals surface area contributed by atoms with Crippen LogP contribution in [0.15, 0.2) is 29.2 Å². The highest BCUT2D eigenvalue weighted by Gasteiger charge is 2.41. The number of thioether (sulfide) groups is 1. The molecule has 20 heavy (non-hydrogen) atoms. The van der Waals surface area contributed by atoms with Crippen LogP contribution in [0.4, 0.5) is 0 Å². The second-order valence-corrected chi connectivity index (χ2v) is 8.19. The summed E-state index contributed by atoms with van der Waals surface area (Å²) in [5.41, 5.74) is 4.65. The van der Waals surface area contributed by atoms with Crippen LogP contribution in [-0.2, 0) is 6.42 Å². The Hall–Kier alpha value is -0.510. The first-order chi connectivity index (χ1) is 9.83. The van der Waals surface area contributed by atoms with Gasteiger partial charge < -0.3 is 0 Å². The molecule has 0 radical (unpaired) electrons. The molecule has 1 heterocycles. The zero-order valence-electron chi connectivity index (χ0n) is 11.9. The maximum atomic E-state index is 5.90. The molecule has 2 fully saturated rings. The first kappa shape index (κ1) is 13.2. The lowest BCUT2D eigenvalue weighted by Gasteiger charge is -2.29. The fourth-order valence-corrected chi connectivity index (χ4v) is 6.15. The standard InChI is InChI=1S/C17H24N2S/c18-19-15(9-14-8-11-5-6-12(14)7-11)17-10-13-3-1-2-4-16(13)20-17/h1-4,11-12,14-15,17,19H,5-10,18H2. The molecule has 1 aromatic carbocycles. The average molecular weight is 288 g/mol. The van der Waals surface area contributed by atoms with E-state index < -0.39 is 0 Å². The normalized spacial score (nSPS) is 36.2. The molecule has 2 saturated carbocycles. The summed E-state index contributed by atoms with van der Waals surface area (Å²) in [7, 11) is 0. The van der Waals surface area contributed by atoms with Crippen LogP contribution in [-0.4, -0.2) is 11.3 Å². The highest BCUT2D eigenvalue weighted by atomic mass is 32.2. The van der Waals surface area contributed by atoms with Gasteiger partial charge in [-0.1, -0.05) is 24.6 Å². The molecule has 0 aromatic heterocycles. The van der Waals surface area contributed by atoms with E-state index in [0.29, 0.717) is 11.3 Å². The number of nitrogens with two attached hydrogens (primary N) is 1. The van der Waals surface area contributed by atoms with Gasteiger partial charge in [0, 0.05) is 16.2 Å². The number of fused-ring (bicyclic) bond motifs is 3. The first-order valence-corrected chi connectivity index (χ1v) is 8.92. The summed E-state index contributed by atoms with van der Waals surface area (Å²) in [5.74, 6) is 8.87. The minimum absolute atomic E-state index is 0.469. The van der Waals surface area contributed by atoms with Crippen LogP contribution in [0.25, 0.3) is 0 Å². The lowest BCUT2D eigenvalue weighted by Crippen LogP contribution is -2.44. The molecule has 3 N–H and O–H groups in total. The van der Waals surface area contributed by atoms with E-state index >= 15 is 0 Å². The van der Waals surface area contributed by atoms with Crippen molar-refractivity contribution in [3.63, 3.8) is 0 Å². The minimum atomic E-state index is 0.469. The lowest BCUT2D eigenvalue weighted by atomic mass is 9.83. The Bertz CT molecular complexity index is 465. The molecular weight excluding hydrogens is 264 g/mol. The Morgan fingerprint density at radius 1 is 1.25 bits per heavy atom. The smallest absolute Gasteiger partial charge is 0.0338 e. The zero-order valence-corrected chi connectivity index (χ0v) is 12.7. The second-order valence-electron chi connectivity index (χ2n) is 6.91. The van der Waals surface area contributed by atoms with Crippen molar-refractivity contribution in [1.29, 1.82) is 0 Å². The van der Waals surface area contributed by atoms with Crippen LogP contribution in [0, 0.1) is 17.8 Å². The van der Waals surface area contributed by atoms with Crippen molar-refractivity contribution in [1.82, 2.24) is 5.43 Å². The molecule has 0 saturated heterocycles. The minimum Gasteiger partial charge on any atom is -0.271 e. The fraction of sp³-hybridized carbons (Fsp3) is 0.647. The summed E-state index contributed by atoms with van der Waals surface area (Å²) in [5, 5.41) is 0.622. The van der Waals surface area contributed by atoms with Gasteiger partial charge >= 0.3 is 0 Å². The molecule has 0 spiro atoms. The van der Waals surface area contributed by atoms with Crippen LogP contribution >= 0.6 is 11.8 Å². The largest absolute Gasteiger partial charge is 0.271 e. The summed E-state index contributed by atoms with van der Waals surface area (Å²) in [6, 6.07) is 9.30. The maximum absolute atomic E-state index is 5.90. The van der Waals surface area contributed by atoms with Crippen LogP contribution in [0.5, 0.6) is 0 Å². The Morgan fingerprint density at radius 2 is 2.15 bits per heavy atom. The van der Waals surface area contributed by atoms with Gasteiger partial charge in [0.2, 0.25) is 0 Å². The Kier molecular flexibility index (Phi) is 3.53. The molecule has 5 atom stereocenters. The number of hydrazine groups is 1. The van der Waals surface area contributed by atoms with Crippen molar-refractivity contribution < 1.29 is 0 Å². The highest BCUT2D eigenvalue weighted by molar-refractivity contribution is 8.00. The Balaban J connectivity index is 1.42. The number of rotatable bonds is 4. The van der Waals surface area contributed by atoms with Crippen LogP contribution < -0.4 is 11.3 Å². The third-order valence-electron chi connectivity index (χ3n) is 5.78. The van der Waals surface area contributed by atoms with E-state index in [0.717, 1.165) is 17.8 Å². The molecule has 3 aliphatic rings. The van der Waals surface area contributed by atoms with Gasteiger partial charge in [-0.3, -0.25) is 11.3 Å². The predicted octanol–water partition coefficient (Wildman–Crippen LogP) is 3.36.